The molecule has 1 atom stereocenters. The summed E-state index contributed by atoms with van der Waals surface area (Å²) >= 11 is 0. The van der Waals surface area contributed by atoms with Crippen LogP contribution in [0.4, 0.5) is 0 Å². The summed E-state index contributed by atoms with van der Waals surface area (Å²) in [6.07, 6.45) is 11.8. The Morgan fingerprint density at radius 3 is 2.00 bits per heavy atom. The predicted molar refractivity (Wildman–Crippen MR) is 85.0 cm³/mol. The topological polar surface area (TPSA) is 0 Å². The molecule has 0 fully saturated rings. The highest BCUT2D eigenvalue weighted by molar-refractivity contribution is 5.05. The lowest BCUT2D eigenvalue weighted by Gasteiger charge is -2.29. The summed E-state index contributed by atoms with van der Waals surface area (Å²) in [5.74, 6) is 0. The van der Waals surface area contributed by atoms with Crippen molar-refractivity contribution in [2.75, 3.05) is 0 Å². The van der Waals surface area contributed by atoms with E-state index in [4.69, 9.17) is 0 Å². The smallest absolute Gasteiger partial charge is 0.0175 e. The van der Waals surface area contributed by atoms with E-state index in [9.17, 15) is 0 Å². The molecule has 1 unspecified atom stereocenters. The molecule has 0 radical (unpaired) electrons. The Morgan fingerprint density at radius 2 is 1.56 bits per heavy atom. The molecular weight excluding hydrogens is 216 g/mol. The normalized spacial score (nSPS) is 16.7. The Kier molecular flexibility index (Phi) is 7.90. The van der Waals surface area contributed by atoms with Crippen LogP contribution in [0.2, 0.25) is 0 Å². The monoisotopic (exact) mass is 252 g/mol. The predicted octanol–water partition coefficient (Wildman–Crippen LogP) is 6.76. The van der Waals surface area contributed by atoms with E-state index in [2.05, 4.69) is 54.5 Å². The summed E-state index contributed by atoms with van der Waals surface area (Å²) in [7, 11) is 0. The Morgan fingerprint density at radius 1 is 0.944 bits per heavy atom. The highest BCUT2D eigenvalue weighted by atomic mass is 14.3. The third-order valence-corrected chi connectivity index (χ3v) is 4.66. The molecule has 0 rings (SSSR count). The van der Waals surface area contributed by atoms with Crippen LogP contribution in [0.5, 0.6) is 0 Å². The molecule has 0 spiro atoms. The molecule has 0 nitrogen and oxygen atoms in total. The van der Waals surface area contributed by atoms with Gasteiger partial charge in [-0.25, -0.2) is 0 Å². The van der Waals surface area contributed by atoms with Gasteiger partial charge in [0.05, 0.1) is 0 Å². The van der Waals surface area contributed by atoms with Crippen LogP contribution in [0.1, 0.15) is 93.4 Å². The quantitative estimate of drug-likeness (QED) is 0.398. The Labute approximate surface area is 116 Å². The Hall–Kier alpha value is -0.260. The first-order valence-corrected chi connectivity index (χ1v) is 7.97. The highest BCUT2D eigenvalue weighted by Gasteiger charge is 2.21. The fourth-order valence-electron chi connectivity index (χ4n) is 2.42. The first kappa shape index (κ1) is 17.7. The van der Waals surface area contributed by atoms with E-state index < -0.39 is 0 Å². The van der Waals surface area contributed by atoms with E-state index in [1.807, 2.05) is 0 Å². The average molecular weight is 252 g/mol. The molecule has 0 heteroatoms. The van der Waals surface area contributed by atoms with Crippen LogP contribution >= 0.6 is 0 Å². The Bertz CT molecular complexity index is 247. The van der Waals surface area contributed by atoms with Gasteiger partial charge in [0.1, 0.15) is 0 Å². The summed E-state index contributed by atoms with van der Waals surface area (Å²) < 4.78 is 0. The SMILES string of the molecule is CCCCC(C)(CC)CCC(C)=CC(C)(C)CC. The molecule has 0 saturated heterocycles. The van der Waals surface area contributed by atoms with Gasteiger partial charge in [-0.05, 0) is 43.4 Å². The maximum absolute atomic E-state index is 2.49. The van der Waals surface area contributed by atoms with Crippen molar-refractivity contribution in [1.29, 1.82) is 0 Å². The van der Waals surface area contributed by atoms with Crippen LogP contribution in [-0.4, -0.2) is 0 Å². The minimum atomic E-state index is 0.371. The second-order valence-electron chi connectivity index (χ2n) is 7.10. The van der Waals surface area contributed by atoms with Crippen molar-refractivity contribution in [1.82, 2.24) is 0 Å². The van der Waals surface area contributed by atoms with Crippen molar-refractivity contribution in [3.8, 4) is 0 Å². The molecular formula is C18H36. The van der Waals surface area contributed by atoms with Gasteiger partial charge >= 0.3 is 0 Å². The molecule has 0 heterocycles. The highest BCUT2D eigenvalue weighted by Crippen LogP contribution is 2.35. The summed E-state index contributed by atoms with van der Waals surface area (Å²) in [5.41, 5.74) is 2.51. The first-order valence-electron chi connectivity index (χ1n) is 7.97. The molecule has 0 aliphatic rings. The first-order chi connectivity index (χ1) is 8.28. The van der Waals surface area contributed by atoms with Crippen LogP contribution in [0.25, 0.3) is 0 Å². The molecule has 0 aromatic rings. The molecule has 18 heavy (non-hydrogen) atoms. The van der Waals surface area contributed by atoms with E-state index in [0.29, 0.717) is 10.8 Å². The maximum Gasteiger partial charge on any atom is -0.0175 e. The van der Waals surface area contributed by atoms with Crippen LogP contribution in [-0.2, 0) is 0 Å². The molecule has 0 amide bonds. The van der Waals surface area contributed by atoms with E-state index in [0.717, 1.165) is 0 Å². The second kappa shape index (κ2) is 8.02. The minimum Gasteiger partial charge on any atom is -0.0799 e. The second-order valence-corrected chi connectivity index (χ2v) is 7.10. The fraction of sp³-hybridized carbons (Fsp3) is 0.889. The van der Waals surface area contributed by atoms with Crippen LogP contribution in [0.15, 0.2) is 11.6 Å². The zero-order valence-electron chi connectivity index (χ0n) is 14.0. The van der Waals surface area contributed by atoms with Gasteiger partial charge in [-0.15, -0.1) is 0 Å². The molecule has 0 bridgehead atoms. The third-order valence-electron chi connectivity index (χ3n) is 4.66. The summed E-state index contributed by atoms with van der Waals surface area (Å²) in [4.78, 5) is 0. The van der Waals surface area contributed by atoms with Gasteiger partial charge in [0.15, 0.2) is 0 Å². The molecule has 0 N–H and O–H groups in total. The van der Waals surface area contributed by atoms with Gasteiger partial charge in [0.2, 0.25) is 0 Å². The van der Waals surface area contributed by atoms with E-state index in [-0.39, 0.29) is 0 Å². The van der Waals surface area contributed by atoms with Gasteiger partial charge in [-0.3, -0.25) is 0 Å². The number of unbranched alkanes of at least 4 members (excludes halogenated alkanes) is 1. The summed E-state index contributed by atoms with van der Waals surface area (Å²) in [6.45, 7) is 16.4. The average Bonchev–Trinajstić information content (AvgIpc) is 2.33. The zero-order chi connectivity index (χ0) is 14.2. The lowest BCUT2D eigenvalue weighted by Crippen LogP contribution is -2.15. The Balaban J connectivity index is 4.36. The maximum atomic E-state index is 2.49. The van der Waals surface area contributed by atoms with Gasteiger partial charge in [0, 0.05) is 0 Å². The third kappa shape index (κ3) is 7.24. The van der Waals surface area contributed by atoms with E-state index >= 15 is 0 Å². The van der Waals surface area contributed by atoms with Crippen molar-refractivity contribution >= 4 is 0 Å². The number of rotatable bonds is 9. The fourth-order valence-corrected chi connectivity index (χ4v) is 2.42. The standard InChI is InChI=1S/C18H36/c1-8-11-13-18(7,10-3)14-12-16(4)15-17(5,6)9-2/h15H,8-14H2,1-7H3. The van der Waals surface area contributed by atoms with Crippen molar-refractivity contribution < 1.29 is 0 Å². The molecule has 0 aromatic carbocycles. The van der Waals surface area contributed by atoms with Crippen LogP contribution in [0, 0.1) is 10.8 Å². The van der Waals surface area contributed by atoms with Gasteiger partial charge < -0.3 is 0 Å². The van der Waals surface area contributed by atoms with Crippen molar-refractivity contribution in [3.05, 3.63) is 11.6 Å². The summed E-state index contributed by atoms with van der Waals surface area (Å²) in [6, 6.07) is 0. The van der Waals surface area contributed by atoms with Crippen LogP contribution < -0.4 is 0 Å². The van der Waals surface area contributed by atoms with E-state index in [1.165, 1.54) is 44.9 Å². The molecule has 0 aliphatic carbocycles. The molecule has 0 aliphatic heterocycles. The molecule has 108 valence electrons. The van der Waals surface area contributed by atoms with E-state index in [1.54, 1.807) is 5.57 Å². The lowest BCUT2D eigenvalue weighted by molar-refractivity contribution is 0.252. The number of hydrogen-bond donors (Lipinski definition) is 0. The van der Waals surface area contributed by atoms with Crippen molar-refractivity contribution in [2.45, 2.75) is 93.4 Å². The van der Waals surface area contributed by atoms with Crippen LogP contribution in [0.3, 0.4) is 0 Å². The van der Waals surface area contributed by atoms with Crippen molar-refractivity contribution in [3.63, 3.8) is 0 Å². The number of allylic oxidation sites excluding steroid dienone is 2. The van der Waals surface area contributed by atoms with Crippen molar-refractivity contribution in [2.24, 2.45) is 10.8 Å². The van der Waals surface area contributed by atoms with Gasteiger partial charge in [-0.1, -0.05) is 72.5 Å². The zero-order valence-corrected chi connectivity index (χ0v) is 14.0. The van der Waals surface area contributed by atoms with Gasteiger partial charge in [0.25, 0.3) is 0 Å². The molecule has 0 aromatic heterocycles. The molecule has 0 saturated carbocycles. The summed E-state index contributed by atoms with van der Waals surface area (Å²) in [5, 5.41) is 0. The van der Waals surface area contributed by atoms with Gasteiger partial charge in [-0.2, -0.15) is 0 Å². The number of hydrogen-bond acceptors (Lipinski definition) is 0. The largest absolute Gasteiger partial charge is 0.0799 e. The lowest BCUT2D eigenvalue weighted by atomic mass is 9.77. The minimum absolute atomic E-state index is 0.371.